The molecule has 0 aromatic heterocycles. The number of rotatable bonds is 8. The van der Waals surface area contributed by atoms with Gasteiger partial charge in [0.15, 0.2) is 0 Å². The van der Waals surface area contributed by atoms with Crippen molar-refractivity contribution in [2.45, 2.75) is 66.2 Å². The fourth-order valence-electron chi connectivity index (χ4n) is 2.83. The minimum atomic E-state index is 0.823. The quantitative estimate of drug-likeness (QED) is 0.379. The zero-order chi connectivity index (χ0) is 12.0. The van der Waals surface area contributed by atoms with Gasteiger partial charge in [0.05, 0.1) is 0 Å². The van der Waals surface area contributed by atoms with Crippen LogP contribution in [0.15, 0.2) is 12.2 Å². The Morgan fingerprint density at radius 2 is 1.75 bits per heavy atom. The monoisotopic (exact) mass is 222 g/mol. The van der Waals surface area contributed by atoms with E-state index < -0.39 is 0 Å². The topological polar surface area (TPSA) is 0 Å². The van der Waals surface area contributed by atoms with Crippen LogP contribution in [-0.2, 0) is 0 Å². The first-order chi connectivity index (χ1) is 7.74. The molecule has 1 aliphatic rings. The maximum atomic E-state index is 2.53. The lowest BCUT2D eigenvalue weighted by Crippen LogP contribution is -1.91. The molecule has 94 valence electrons. The van der Waals surface area contributed by atoms with E-state index in [9.17, 15) is 0 Å². The van der Waals surface area contributed by atoms with Crippen LogP contribution in [0.5, 0.6) is 0 Å². The van der Waals surface area contributed by atoms with Crippen molar-refractivity contribution in [1.29, 1.82) is 0 Å². The van der Waals surface area contributed by atoms with Crippen molar-refractivity contribution in [1.82, 2.24) is 0 Å². The first kappa shape index (κ1) is 13.8. The second kappa shape index (κ2) is 7.14. The van der Waals surface area contributed by atoms with Crippen LogP contribution in [0.4, 0.5) is 0 Å². The molecule has 1 rings (SSSR count). The highest BCUT2D eigenvalue weighted by molar-refractivity contribution is 5.07. The zero-order valence-corrected chi connectivity index (χ0v) is 11.7. The van der Waals surface area contributed by atoms with Crippen molar-refractivity contribution in [3.8, 4) is 0 Å². The first-order valence-electron chi connectivity index (χ1n) is 7.42. The predicted molar refractivity (Wildman–Crippen MR) is 73.5 cm³/mol. The summed E-state index contributed by atoms with van der Waals surface area (Å²) in [5.74, 6) is 3.71. The van der Waals surface area contributed by atoms with E-state index in [1.807, 2.05) is 0 Å². The lowest BCUT2D eigenvalue weighted by Gasteiger charge is -2.04. The third kappa shape index (κ3) is 3.96. The summed E-state index contributed by atoms with van der Waals surface area (Å²) < 4.78 is 0. The number of hydrogen-bond acceptors (Lipinski definition) is 0. The van der Waals surface area contributed by atoms with Crippen LogP contribution < -0.4 is 0 Å². The van der Waals surface area contributed by atoms with Crippen molar-refractivity contribution in [2.24, 2.45) is 23.7 Å². The van der Waals surface area contributed by atoms with Crippen LogP contribution in [0, 0.1) is 23.7 Å². The van der Waals surface area contributed by atoms with E-state index >= 15 is 0 Å². The Morgan fingerprint density at radius 1 is 1.06 bits per heavy atom. The van der Waals surface area contributed by atoms with E-state index in [4.69, 9.17) is 0 Å². The molecular formula is C16H30. The Hall–Kier alpha value is -0.260. The standard InChI is InChI=1S/C16H30/c1-5-8-9-10-15-13(4)16(15)12-11-14(6-2)7-3/h11-16H,5-10H2,1-4H3. The zero-order valence-electron chi connectivity index (χ0n) is 11.7. The SMILES string of the molecule is CCCCCC1C(C)C1C=CC(CC)CC. The lowest BCUT2D eigenvalue weighted by atomic mass is 10.0. The van der Waals surface area contributed by atoms with Gasteiger partial charge >= 0.3 is 0 Å². The van der Waals surface area contributed by atoms with Gasteiger partial charge in [-0.15, -0.1) is 0 Å². The second-order valence-corrected chi connectivity index (χ2v) is 5.56. The summed E-state index contributed by atoms with van der Waals surface area (Å²) >= 11 is 0. The third-order valence-corrected chi connectivity index (χ3v) is 4.43. The molecule has 0 radical (unpaired) electrons. The second-order valence-electron chi connectivity index (χ2n) is 5.56. The Balaban J connectivity index is 2.23. The summed E-state index contributed by atoms with van der Waals surface area (Å²) in [6.45, 7) is 9.32. The molecule has 0 saturated heterocycles. The molecule has 1 fully saturated rings. The van der Waals surface area contributed by atoms with E-state index in [1.54, 1.807) is 0 Å². The summed E-state index contributed by atoms with van der Waals surface area (Å²) in [4.78, 5) is 0. The van der Waals surface area contributed by atoms with E-state index in [1.165, 1.54) is 38.5 Å². The highest BCUT2D eigenvalue weighted by Crippen LogP contribution is 2.50. The lowest BCUT2D eigenvalue weighted by molar-refractivity contribution is 0.584. The van der Waals surface area contributed by atoms with Gasteiger partial charge in [-0.1, -0.05) is 59.1 Å². The van der Waals surface area contributed by atoms with Gasteiger partial charge in [-0.25, -0.2) is 0 Å². The van der Waals surface area contributed by atoms with Crippen molar-refractivity contribution in [2.75, 3.05) is 0 Å². The Labute approximate surface area is 103 Å². The highest BCUT2D eigenvalue weighted by Gasteiger charge is 2.43. The molecule has 0 amide bonds. The molecule has 0 bridgehead atoms. The van der Waals surface area contributed by atoms with Gasteiger partial charge in [0.25, 0.3) is 0 Å². The molecule has 0 N–H and O–H groups in total. The average molecular weight is 222 g/mol. The van der Waals surface area contributed by atoms with E-state index in [0.29, 0.717) is 0 Å². The fourth-order valence-corrected chi connectivity index (χ4v) is 2.83. The predicted octanol–water partition coefficient (Wildman–Crippen LogP) is 5.44. The molecule has 0 spiro atoms. The summed E-state index contributed by atoms with van der Waals surface area (Å²) in [6, 6.07) is 0. The van der Waals surface area contributed by atoms with Crippen LogP contribution in [-0.4, -0.2) is 0 Å². The molecule has 1 aliphatic carbocycles. The molecular weight excluding hydrogens is 192 g/mol. The first-order valence-corrected chi connectivity index (χ1v) is 7.42. The van der Waals surface area contributed by atoms with E-state index in [-0.39, 0.29) is 0 Å². The van der Waals surface area contributed by atoms with Crippen molar-refractivity contribution in [3.05, 3.63) is 12.2 Å². The summed E-state index contributed by atoms with van der Waals surface area (Å²) in [5.41, 5.74) is 0. The average Bonchev–Trinajstić information content (AvgIpc) is 2.91. The van der Waals surface area contributed by atoms with Crippen LogP contribution in [0.3, 0.4) is 0 Å². The summed E-state index contributed by atoms with van der Waals surface area (Å²) in [5, 5.41) is 0. The third-order valence-electron chi connectivity index (χ3n) is 4.43. The van der Waals surface area contributed by atoms with Crippen molar-refractivity contribution < 1.29 is 0 Å². The summed E-state index contributed by atoms with van der Waals surface area (Å²) in [7, 11) is 0. The smallest absolute Gasteiger partial charge is 0.0174 e. The molecule has 0 aliphatic heterocycles. The maximum absolute atomic E-state index is 2.53. The van der Waals surface area contributed by atoms with Gasteiger partial charge in [0, 0.05) is 0 Å². The minimum Gasteiger partial charge on any atom is -0.0851 e. The maximum Gasteiger partial charge on any atom is -0.0174 e. The van der Waals surface area contributed by atoms with Crippen molar-refractivity contribution in [3.63, 3.8) is 0 Å². The van der Waals surface area contributed by atoms with Gasteiger partial charge in [0.2, 0.25) is 0 Å². The van der Waals surface area contributed by atoms with E-state index in [0.717, 1.165) is 23.7 Å². The Morgan fingerprint density at radius 3 is 2.31 bits per heavy atom. The molecule has 3 unspecified atom stereocenters. The Kier molecular flexibility index (Phi) is 6.16. The van der Waals surface area contributed by atoms with Gasteiger partial charge in [-0.2, -0.15) is 0 Å². The van der Waals surface area contributed by atoms with Gasteiger partial charge in [0.1, 0.15) is 0 Å². The molecule has 0 heterocycles. The molecule has 0 nitrogen and oxygen atoms in total. The van der Waals surface area contributed by atoms with Crippen LogP contribution >= 0.6 is 0 Å². The number of unbranched alkanes of at least 4 members (excludes halogenated alkanes) is 2. The molecule has 3 atom stereocenters. The fraction of sp³-hybridized carbons (Fsp3) is 0.875. The molecule has 1 saturated carbocycles. The largest absolute Gasteiger partial charge is 0.0851 e. The molecule has 0 aromatic carbocycles. The number of hydrogen-bond donors (Lipinski definition) is 0. The normalized spacial score (nSPS) is 29.2. The van der Waals surface area contributed by atoms with E-state index in [2.05, 4.69) is 39.8 Å². The Bertz CT molecular complexity index is 200. The molecule has 0 heteroatoms. The summed E-state index contributed by atoms with van der Waals surface area (Å²) in [6.07, 6.45) is 13.3. The van der Waals surface area contributed by atoms with Crippen molar-refractivity contribution >= 4 is 0 Å². The highest BCUT2D eigenvalue weighted by atomic mass is 14.5. The van der Waals surface area contributed by atoms with Gasteiger partial charge < -0.3 is 0 Å². The number of allylic oxidation sites excluding steroid dienone is 2. The van der Waals surface area contributed by atoms with Crippen LogP contribution in [0.2, 0.25) is 0 Å². The van der Waals surface area contributed by atoms with Crippen LogP contribution in [0.25, 0.3) is 0 Å². The molecule has 16 heavy (non-hydrogen) atoms. The van der Waals surface area contributed by atoms with Gasteiger partial charge in [-0.3, -0.25) is 0 Å². The van der Waals surface area contributed by atoms with Gasteiger partial charge in [-0.05, 0) is 42.9 Å². The van der Waals surface area contributed by atoms with Crippen LogP contribution in [0.1, 0.15) is 66.2 Å². The molecule has 0 aromatic rings. The minimum absolute atomic E-state index is 0.823.